The number of nitrogens with one attached hydrogen (secondary N) is 1. The van der Waals surface area contributed by atoms with E-state index in [1.807, 2.05) is 12.1 Å². The van der Waals surface area contributed by atoms with E-state index >= 15 is 0 Å². The largest absolute Gasteiger partial charge is 0.491 e. The third-order valence-electron chi connectivity index (χ3n) is 3.22. The fraction of sp³-hybridized carbons (Fsp3) is 0.667. The van der Waals surface area contributed by atoms with Crippen molar-refractivity contribution in [3.63, 3.8) is 0 Å². The maximum absolute atomic E-state index is 5.84. The Balaban J connectivity index is 2.24. The Labute approximate surface area is 130 Å². The van der Waals surface area contributed by atoms with Crippen LogP contribution in [0, 0.1) is 5.92 Å². The summed E-state index contributed by atoms with van der Waals surface area (Å²) >= 11 is 0. The van der Waals surface area contributed by atoms with Crippen molar-refractivity contribution in [3.05, 3.63) is 29.8 Å². The minimum atomic E-state index is 0.618. The second-order valence-corrected chi connectivity index (χ2v) is 5.80. The van der Waals surface area contributed by atoms with E-state index in [4.69, 9.17) is 9.47 Å². The van der Waals surface area contributed by atoms with Gasteiger partial charge in [-0.15, -0.1) is 0 Å². The Hall–Kier alpha value is -1.06. The van der Waals surface area contributed by atoms with Crippen LogP contribution in [0.3, 0.4) is 0 Å². The summed E-state index contributed by atoms with van der Waals surface area (Å²) in [6.07, 6.45) is 3.62. The van der Waals surface area contributed by atoms with Crippen molar-refractivity contribution in [3.8, 4) is 5.75 Å². The summed E-state index contributed by atoms with van der Waals surface area (Å²) in [5, 5.41) is 3.46. The average molecular weight is 293 g/mol. The second kappa shape index (κ2) is 11.6. The van der Waals surface area contributed by atoms with Crippen molar-refractivity contribution in [1.82, 2.24) is 5.32 Å². The van der Waals surface area contributed by atoms with Crippen LogP contribution in [0.25, 0.3) is 0 Å². The molecule has 3 heteroatoms. The van der Waals surface area contributed by atoms with Gasteiger partial charge in [0.1, 0.15) is 12.4 Å². The van der Waals surface area contributed by atoms with Gasteiger partial charge in [-0.2, -0.15) is 0 Å². The molecule has 0 amide bonds. The molecule has 3 nitrogen and oxygen atoms in total. The molecule has 1 rings (SSSR count). The normalized spacial score (nSPS) is 11.0. The highest BCUT2D eigenvalue weighted by molar-refractivity contribution is 5.33. The number of para-hydroxylation sites is 1. The van der Waals surface area contributed by atoms with Crippen LogP contribution in [0.2, 0.25) is 0 Å². The Morgan fingerprint density at radius 1 is 1.05 bits per heavy atom. The van der Waals surface area contributed by atoms with E-state index in [9.17, 15) is 0 Å². The molecule has 120 valence electrons. The van der Waals surface area contributed by atoms with E-state index in [-0.39, 0.29) is 0 Å². The van der Waals surface area contributed by atoms with Crippen LogP contribution < -0.4 is 10.1 Å². The summed E-state index contributed by atoms with van der Waals surface area (Å²) in [6, 6.07) is 8.22. The van der Waals surface area contributed by atoms with Gasteiger partial charge in [0.15, 0.2) is 0 Å². The molecule has 1 N–H and O–H groups in total. The molecule has 1 aromatic carbocycles. The molecule has 0 saturated heterocycles. The molecule has 0 aliphatic heterocycles. The van der Waals surface area contributed by atoms with E-state index in [1.165, 1.54) is 18.4 Å². The minimum Gasteiger partial charge on any atom is -0.491 e. The highest BCUT2D eigenvalue weighted by Gasteiger charge is 2.03. The average Bonchev–Trinajstić information content (AvgIpc) is 2.47. The SMILES string of the molecule is CCCCCOCCOc1ccccc1CNCC(C)C. The minimum absolute atomic E-state index is 0.618. The van der Waals surface area contributed by atoms with E-state index in [0.717, 1.165) is 31.9 Å². The smallest absolute Gasteiger partial charge is 0.123 e. The Morgan fingerprint density at radius 2 is 1.86 bits per heavy atom. The molecule has 0 bridgehead atoms. The first kappa shape index (κ1) is 18.0. The van der Waals surface area contributed by atoms with Crippen LogP contribution in [0.4, 0.5) is 0 Å². The predicted molar refractivity (Wildman–Crippen MR) is 88.8 cm³/mol. The number of ether oxygens (including phenoxy) is 2. The van der Waals surface area contributed by atoms with Gasteiger partial charge >= 0.3 is 0 Å². The lowest BCUT2D eigenvalue weighted by Gasteiger charge is -2.13. The lowest BCUT2D eigenvalue weighted by Crippen LogP contribution is -2.19. The summed E-state index contributed by atoms with van der Waals surface area (Å²) < 4.78 is 11.4. The van der Waals surface area contributed by atoms with Gasteiger partial charge in [-0.25, -0.2) is 0 Å². The van der Waals surface area contributed by atoms with Gasteiger partial charge in [0.2, 0.25) is 0 Å². The van der Waals surface area contributed by atoms with Crippen LogP contribution in [-0.4, -0.2) is 26.4 Å². The van der Waals surface area contributed by atoms with Crippen LogP contribution in [0.15, 0.2) is 24.3 Å². The summed E-state index contributed by atoms with van der Waals surface area (Å²) in [7, 11) is 0. The van der Waals surface area contributed by atoms with Crippen molar-refractivity contribution < 1.29 is 9.47 Å². The quantitative estimate of drug-likeness (QED) is 0.590. The van der Waals surface area contributed by atoms with E-state index < -0.39 is 0 Å². The van der Waals surface area contributed by atoms with Gasteiger partial charge in [-0.05, 0) is 24.9 Å². The third kappa shape index (κ3) is 8.74. The summed E-state index contributed by atoms with van der Waals surface area (Å²) in [5.41, 5.74) is 1.21. The maximum atomic E-state index is 5.84. The number of rotatable bonds is 12. The molecule has 0 aliphatic rings. The lowest BCUT2D eigenvalue weighted by molar-refractivity contribution is 0.0970. The van der Waals surface area contributed by atoms with Gasteiger partial charge in [0, 0.05) is 18.7 Å². The first-order chi connectivity index (χ1) is 10.2. The standard InChI is InChI=1S/C18H31NO2/c1-4-5-8-11-20-12-13-21-18-10-7-6-9-17(18)15-19-14-16(2)3/h6-7,9-10,16,19H,4-5,8,11-15H2,1-3H3. The van der Waals surface area contributed by atoms with Gasteiger partial charge in [-0.1, -0.05) is 51.8 Å². The van der Waals surface area contributed by atoms with Gasteiger partial charge in [-0.3, -0.25) is 0 Å². The topological polar surface area (TPSA) is 30.5 Å². The van der Waals surface area contributed by atoms with Crippen molar-refractivity contribution in [1.29, 1.82) is 0 Å². The Kier molecular flexibility index (Phi) is 9.92. The molecule has 0 atom stereocenters. The number of hydrogen-bond acceptors (Lipinski definition) is 3. The Bertz CT molecular complexity index is 366. The number of benzene rings is 1. The Morgan fingerprint density at radius 3 is 2.62 bits per heavy atom. The highest BCUT2D eigenvalue weighted by Crippen LogP contribution is 2.17. The molecule has 0 spiro atoms. The van der Waals surface area contributed by atoms with Gasteiger partial charge < -0.3 is 14.8 Å². The zero-order chi connectivity index (χ0) is 15.3. The van der Waals surface area contributed by atoms with Gasteiger partial charge in [0.25, 0.3) is 0 Å². The summed E-state index contributed by atoms with van der Waals surface area (Å²) in [5.74, 6) is 1.63. The molecule has 0 aromatic heterocycles. The van der Waals surface area contributed by atoms with Crippen molar-refractivity contribution in [2.24, 2.45) is 5.92 Å². The molecule has 1 aromatic rings. The van der Waals surface area contributed by atoms with Gasteiger partial charge in [0.05, 0.1) is 6.61 Å². The van der Waals surface area contributed by atoms with E-state index in [2.05, 4.69) is 38.2 Å². The monoisotopic (exact) mass is 293 g/mol. The van der Waals surface area contributed by atoms with Crippen LogP contribution in [0.1, 0.15) is 45.6 Å². The first-order valence-electron chi connectivity index (χ1n) is 8.23. The van der Waals surface area contributed by atoms with Crippen molar-refractivity contribution >= 4 is 0 Å². The van der Waals surface area contributed by atoms with Crippen LogP contribution >= 0.6 is 0 Å². The molecule has 0 fully saturated rings. The fourth-order valence-electron chi connectivity index (χ4n) is 2.05. The van der Waals surface area contributed by atoms with Crippen LogP contribution in [-0.2, 0) is 11.3 Å². The summed E-state index contributed by atoms with van der Waals surface area (Å²) in [6.45, 7) is 10.6. The summed E-state index contributed by atoms with van der Waals surface area (Å²) in [4.78, 5) is 0. The zero-order valence-electron chi connectivity index (χ0n) is 13.9. The molecule has 0 saturated carbocycles. The molecular formula is C18H31NO2. The predicted octanol–water partition coefficient (Wildman–Crippen LogP) is 4.02. The molecule has 0 aliphatic carbocycles. The molecule has 21 heavy (non-hydrogen) atoms. The second-order valence-electron chi connectivity index (χ2n) is 5.80. The first-order valence-corrected chi connectivity index (χ1v) is 8.23. The van der Waals surface area contributed by atoms with Crippen LogP contribution in [0.5, 0.6) is 5.75 Å². The van der Waals surface area contributed by atoms with Crippen molar-refractivity contribution in [2.45, 2.75) is 46.6 Å². The molecule has 0 radical (unpaired) electrons. The maximum Gasteiger partial charge on any atom is 0.123 e. The molecular weight excluding hydrogens is 262 g/mol. The third-order valence-corrected chi connectivity index (χ3v) is 3.22. The number of unbranched alkanes of at least 4 members (excludes halogenated alkanes) is 2. The van der Waals surface area contributed by atoms with Crippen molar-refractivity contribution in [2.75, 3.05) is 26.4 Å². The molecule has 0 heterocycles. The van der Waals surface area contributed by atoms with E-state index in [0.29, 0.717) is 19.1 Å². The van der Waals surface area contributed by atoms with E-state index in [1.54, 1.807) is 0 Å². The highest BCUT2D eigenvalue weighted by atomic mass is 16.5. The lowest BCUT2D eigenvalue weighted by atomic mass is 10.2. The fourth-order valence-corrected chi connectivity index (χ4v) is 2.05. The molecule has 0 unspecified atom stereocenters. The zero-order valence-corrected chi connectivity index (χ0v) is 13.9. The number of hydrogen-bond donors (Lipinski definition) is 1.